The van der Waals surface area contributed by atoms with Gasteiger partial charge >= 0.3 is 0 Å². The van der Waals surface area contributed by atoms with Crippen LogP contribution in [0.25, 0.3) is 0 Å². The van der Waals surface area contributed by atoms with Gasteiger partial charge in [-0.3, -0.25) is 9.59 Å². The van der Waals surface area contributed by atoms with Crippen LogP contribution in [-0.4, -0.2) is 11.8 Å². The highest BCUT2D eigenvalue weighted by Gasteiger charge is 2.21. The van der Waals surface area contributed by atoms with Gasteiger partial charge in [-0.25, -0.2) is 0 Å². The summed E-state index contributed by atoms with van der Waals surface area (Å²) in [7, 11) is 0. The van der Waals surface area contributed by atoms with E-state index in [9.17, 15) is 9.59 Å². The number of carbonyl (C=O) groups is 2. The minimum absolute atomic E-state index is 0.0630. The SMILES string of the molecule is CC(=O)Nc1ccc(NC(=O)C2CCCCC2)cc1Cl. The second-order valence-corrected chi connectivity index (χ2v) is 5.61. The molecule has 0 bridgehead atoms. The minimum atomic E-state index is -0.175. The van der Waals surface area contributed by atoms with Crippen LogP contribution in [0.15, 0.2) is 18.2 Å². The predicted octanol–water partition coefficient (Wildman–Crippen LogP) is 3.82. The molecule has 0 atom stereocenters. The molecule has 2 N–H and O–H groups in total. The van der Waals surface area contributed by atoms with Crippen LogP contribution in [0.2, 0.25) is 5.02 Å². The van der Waals surface area contributed by atoms with E-state index in [-0.39, 0.29) is 17.7 Å². The molecule has 108 valence electrons. The summed E-state index contributed by atoms with van der Waals surface area (Å²) < 4.78 is 0. The van der Waals surface area contributed by atoms with E-state index in [1.807, 2.05) is 0 Å². The van der Waals surface area contributed by atoms with Crippen molar-refractivity contribution in [2.45, 2.75) is 39.0 Å². The topological polar surface area (TPSA) is 58.2 Å². The first kappa shape index (κ1) is 14.9. The molecule has 1 fully saturated rings. The van der Waals surface area contributed by atoms with E-state index in [0.717, 1.165) is 25.7 Å². The number of carbonyl (C=O) groups excluding carboxylic acids is 2. The Morgan fingerprint density at radius 1 is 1.15 bits per heavy atom. The number of hydrogen-bond acceptors (Lipinski definition) is 2. The lowest BCUT2D eigenvalue weighted by molar-refractivity contribution is -0.120. The van der Waals surface area contributed by atoms with Crippen molar-refractivity contribution in [2.24, 2.45) is 5.92 Å². The van der Waals surface area contributed by atoms with Crippen LogP contribution >= 0.6 is 11.6 Å². The molecule has 0 aromatic heterocycles. The molecule has 4 nitrogen and oxygen atoms in total. The summed E-state index contributed by atoms with van der Waals surface area (Å²) in [6.07, 6.45) is 5.40. The van der Waals surface area contributed by atoms with Gasteiger partial charge in [0.25, 0.3) is 0 Å². The molecular formula is C15H19ClN2O2. The molecule has 1 aromatic carbocycles. The maximum atomic E-state index is 12.1. The van der Waals surface area contributed by atoms with Crippen molar-refractivity contribution in [1.82, 2.24) is 0 Å². The van der Waals surface area contributed by atoms with Crippen molar-refractivity contribution in [1.29, 1.82) is 0 Å². The lowest BCUT2D eigenvalue weighted by Gasteiger charge is -2.20. The Labute approximate surface area is 123 Å². The molecule has 2 amide bonds. The number of amides is 2. The molecule has 1 aliphatic rings. The van der Waals surface area contributed by atoms with Crippen LogP contribution in [0.3, 0.4) is 0 Å². The highest BCUT2D eigenvalue weighted by atomic mass is 35.5. The van der Waals surface area contributed by atoms with Crippen molar-refractivity contribution in [3.05, 3.63) is 23.2 Å². The third kappa shape index (κ3) is 3.97. The number of halogens is 1. The maximum absolute atomic E-state index is 12.1. The van der Waals surface area contributed by atoms with Gasteiger partial charge in [-0.1, -0.05) is 30.9 Å². The van der Waals surface area contributed by atoms with Gasteiger partial charge in [0.05, 0.1) is 10.7 Å². The molecule has 0 saturated heterocycles. The van der Waals surface area contributed by atoms with Gasteiger partial charge in [0.2, 0.25) is 11.8 Å². The van der Waals surface area contributed by atoms with Gasteiger partial charge in [0.15, 0.2) is 0 Å². The van der Waals surface area contributed by atoms with Crippen molar-refractivity contribution >= 4 is 34.8 Å². The van der Waals surface area contributed by atoms with Gasteiger partial charge in [-0.15, -0.1) is 0 Å². The minimum Gasteiger partial charge on any atom is -0.326 e. The number of benzene rings is 1. The lowest BCUT2D eigenvalue weighted by Crippen LogP contribution is -2.24. The second-order valence-electron chi connectivity index (χ2n) is 5.20. The number of rotatable bonds is 3. The third-order valence-corrected chi connectivity index (χ3v) is 3.84. The highest BCUT2D eigenvalue weighted by molar-refractivity contribution is 6.34. The van der Waals surface area contributed by atoms with E-state index < -0.39 is 0 Å². The highest BCUT2D eigenvalue weighted by Crippen LogP contribution is 2.28. The summed E-state index contributed by atoms with van der Waals surface area (Å²) in [4.78, 5) is 23.1. The smallest absolute Gasteiger partial charge is 0.227 e. The fourth-order valence-corrected chi connectivity index (χ4v) is 2.72. The molecule has 20 heavy (non-hydrogen) atoms. The first-order valence-corrected chi connectivity index (χ1v) is 7.32. The Morgan fingerprint density at radius 2 is 1.85 bits per heavy atom. The Balaban J connectivity index is 2.00. The van der Waals surface area contributed by atoms with Crippen molar-refractivity contribution < 1.29 is 9.59 Å². The second kappa shape index (κ2) is 6.75. The molecule has 0 radical (unpaired) electrons. The number of anilines is 2. The monoisotopic (exact) mass is 294 g/mol. The molecule has 1 aromatic rings. The van der Waals surface area contributed by atoms with Crippen LogP contribution in [0.4, 0.5) is 11.4 Å². The summed E-state index contributed by atoms with van der Waals surface area (Å²) in [5.41, 5.74) is 1.22. The standard InChI is InChI=1S/C15H19ClN2O2/c1-10(19)17-14-8-7-12(9-13(14)16)18-15(20)11-5-3-2-4-6-11/h7-9,11H,2-6H2,1H3,(H,17,19)(H,18,20). The average Bonchev–Trinajstić information content (AvgIpc) is 2.42. The molecular weight excluding hydrogens is 276 g/mol. The van der Waals surface area contributed by atoms with Gasteiger partial charge in [-0.2, -0.15) is 0 Å². The maximum Gasteiger partial charge on any atom is 0.227 e. The van der Waals surface area contributed by atoms with Gasteiger partial charge in [0.1, 0.15) is 0 Å². The van der Waals surface area contributed by atoms with Crippen LogP contribution in [0.1, 0.15) is 39.0 Å². The van der Waals surface area contributed by atoms with Crippen LogP contribution in [-0.2, 0) is 9.59 Å². The Morgan fingerprint density at radius 3 is 2.45 bits per heavy atom. The summed E-state index contributed by atoms with van der Waals surface area (Å²) >= 11 is 6.08. The van der Waals surface area contributed by atoms with Crippen molar-refractivity contribution in [3.8, 4) is 0 Å². The first-order valence-electron chi connectivity index (χ1n) is 6.94. The van der Waals surface area contributed by atoms with Gasteiger partial charge in [-0.05, 0) is 31.0 Å². The third-order valence-electron chi connectivity index (χ3n) is 3.52. The number of hydrogen-bond donors (Lipinski definition) is 2. The van der Waals surface area contributed by atoms with Crippen molar-refractivity contribution in [2.75, 3.05) is 10.6 Å². The first-order chi connectivity index (χ1) is 9.56. The zero-order valence-electron chi connectivity index (χ0n) is 11.5. The van der Waals surface area contributed by atoms with E-state index in [2.05, 4.69) is 10.6 Å². The summed E-state index contributed by atoms with van der Waals surface area (Å²) in [5.74, 6) is -0.00326. The molecule has 0 heterocycles. The Kier molecular flexibility index (Phi) is 5.01. The van der Waals surface area contributed by atoms with E-state index in [1.54, 1.807) is 18.2 Å². The zero-order chi connectivity index (χ0) is 14.5. The average molecular weight is 295 g/mol. The van der Waals surface area contributed by atoms with Gasteiger partial charge in [0, 0.05) is 18.5 Å². The predicted molar refractivity (Wildman–Crippen MR) is 81.0 cm³/mol. The molecule has 5 heteroatoms. The summed E-state index contributed by atoms with van der Waals surface area (Å²) in [6.45, 7) is 1.43. The summed E-state index contributed by atoms with van der Waals surface area (Å²) in [6, 6.07) is 5.10. The largest absolute Gasteiger partial charge is 0.326 e. The lowest BCUT2D eigenvalue weighted by atomic mass is 9.88. The Bertz CT molecular complexity index is 511. The molecule has 0 spiro atoms. The van der Waals surface area contributed by atoms with Crippen LogP contribution < -0.4 is 10.6 Å². The van der Waals surface area contributed by atoms with E-state index >= 15 is 0 Å². The Hall–Kier alpha value is -1.55. The molecule has 0 unspecified atom stereocenters. The molecule has 2 rings (SSSR count). The summed E-state index contributed by atoms with van der Waals surface area (Å²) in [5, 5.41) is 5.95. The van der Waals surface area contributed by atoms with E-state index in [0.29, 0.717) is 16.4 Å². The van der Waals surface area contributed by atoms with Gasteiger partial charge < -0.3 is 10.6 Å². The fourth-order valence-electron chi connectivity index (χ4n) is 2.49. The zero-order valence-corrected chi connectivity index (χ0v) is 12.3. The molecule has 1 saturated carbocycles. The quantitative estimate of drug-likeness (QED) is 0.890. The van der Waals surface area contributed by atoms with Crippen LogP contribution in [0.5, 0.6) is 0 Å². The normalized spacial score (nSPS) is 15.7. The van der Waals surface area contributed by atoms with E-state index in [4.69, 9.17) is 11.6 Å². The molecule has 0 aliphatic heterocycles. The number of nitrogens with one attached hydrogen (secondary N) is 2. The van der Waals surface area contributed by atoms with E-state index in [1.165, 1.54) is 13.3 Å². The van der Waals surface area contributed by atoms with Crippen LogP contribution in [0, 0.1) is 5.92 Å². The molecule has 1 aliphatic carbocycles. The van der Waals surface area contributed by atoms with Crippen molar-refractivity contribution in [3.63, 3.8) is 0 Å². The fraction of sp³-hybridized carbons (Fsp3) is 0.467.